The van der Waals surface area contributed by atoms with Gasteiger partial charge in [0.05, 0.1) is 12.2 Å². The van der Waals surface area contributed by atoms with E-state index >= 15 is 0 Å². The lowest BCUT2D eigenvalue weighted by molar-refractivity contribution is 0.134. The van der Waals surface area contributed by atoms with Crippen LogP contribution in [-0.2, 0) is 13.0 Å². The van der Waals surface area contributed by atoms with Gasteiger partial charge in [-0.15, -0.1) is 11.8 Å². The van der Waals surface area contributed by atoms with Gasteiger partial charge in [-0.25, -0.2) is 0 Å². The summed E-state index contributed by atoms with van der Waals surface area (Å²) in [6, 6.07) is 17.0. The molecule has 1 aliphatic heterocycles. The molecule has 3 N–H and O–H groups in total. The van der Waals surface area contributed by atoms with E-state index in [9.17, 15) is 10.2 Å². The van der Waals surface area contributed by atoms with Crippen LogP contribution >= 0.6 is 0 Å². The molecular formula is C31H39NO3. The molecule has 1 saturated carbocycles. The van der Waals surface area contributed by atoms with Crippen LogP contribution in [0.4, 0.5) is 0 Å². The molecule has 4 rings (SSSR count). The van der Waals surface area contributed by atoms with Crippen LogP contribution in [0.5, 0.6) is 5.75 Å². The van der Waals surface area contributed by atoms with Gasteiger partial charge >= 0.3 is 0 Å². The van der Waals surface area contributed by atoms with Crippen molar-refractivity contribution in [3.05, 3.63) is 77.4 Å². The molecule has 1 fully saturated rings. The molecule has 1 heterocycles. The van der Waals surface area contributed by atoms with Crippen LogP contribution in [0, 0.1) is 23.7 Å². The molecule has 0 unspecified atom stereocenters. The summed E-state index contributed by atoms with van der Waals surface area (Å²) in [4.78, 5) is 0. The minimum Gasteiger partial charge on any atom is -0.489 e. The van der Waals surface area contributed by atoms with Gasteiger partial charge in [-0.1, -0.05) is 67.6 Å². The number of para-hydroxylation sites is 1. The van der Waals surface area contributed by atoms with Crippen molar-refractivity contribution in [2.24, 2.45) is 11.8 Å². The molecule has 35 heavy (non-hydrogen) atoms. The standard InChI is InChI=1S/C31H39NO3/c1-3-4-11-22(2)27(33)18-17-25-28(34)20-29-30(25)26-16-10-15-24(31(26)35-29)14-8-9-19-32-21-23-12-6-5-7-13-23/h5-7,10,12-13,15-18,22,25,27-30,32-34H,8-9,11,14,19-21H2,1-2H3/b18-17+/t22-,25+,27-,28-,29+,30+/m1/s1. The van der Waals surface area contributed by atoms with Crippen LogP contribution in [0.1, 0.15) is 62.1 Å². The maximum Gasteiger partial charge on any atom is 0.126 e. The van der Waals surface area contributed by atoms with Crippen LogP contribution in [0.15, 0.2) is 60.7 Å². The summed E-state index contributed by atoms with van der Waals surface area (Å²) in [5.41, 5.74) is 3.79. The first-order chi connectivity index (χ1) is 17.1. The molecule has 6 atom stereocenters. The molecule has 2 aromatic carbocycles. The number of nitrogens with one attached hydrogen (secondary N) is 1. The van der Waals surface area contributed by atoms with Gasteiger partial charge in [0.2, 0.25) is 0 Å². The molecule has 4 nitrogen and oxygen atoms in total. The van der Waals surface area contributed by atoms with Crippen molar-refractivity contribution in [3.63, 3.8) is 0 Å². The third-order valence-corrected chi connectivity index (χ3v) is 7.42. The van der Waals surface area contributed by atoms with Crippen molar-refractivity contribution in [1.29, 1.82) is 0 Å². The number of fused-ring (bicyclic) bond motifs is 3. The first-order valence-corrected chi connectivity index (χ1v) is 13.1. The second kappa shape index (κ2) is 12.4. The summed E-state index contributed by atoms with van der Waals surface area (Å²) < 4.78 is 6.42. The fourth-order valence-corrected chi connectivity index (χ4v) is 5.37. The summed E-state index contributed by atoms with van der Waals surface area (Å²) in [7, 11) is 0. The SMILES string of the molecule is CC#CC[C@@H](C)[C@H](O)/C=C/[C@@H]1[C@H]2c3cccc(CCCCNCc4ccccc4)c3O[C@H]2C[C@H]1O. The van der Waals surface area contributed by atoms with E-state index in [0.29, 0.717) is 12.8 Å². The van der Waals surface area contributed by atoms with Gasteiger partial charge < -0.3 is 20.3 Å². The minimum atomic E-state index is -0.564. The van der Waals surface area contributed by atoms with Crippen molar-refractivity contribution < 1.29 is 14.9 Å². The first kappa shape index (κ1) is 25.5. The third-order valence-electron chi connectivity index (χ3n) is 7.42. The predicted molar refractivity (Wildman–Crippen MR) is 141 cm³/mol. The predicted octanol–water partition coefficient (Wildman–Crippen LogP) is 4.99. The Labute approximate surface area is 210 Å². The quantitative estimate of drug-likeness (QED) is 0.244. The molecule has 2 aromatic rings. The molecule has 0 bridgehead atoms. The number of benzene rings is 2. The van der Waals surface area contributed by atoms with Gasteiger partial charge in [-0.2, -0.15) is 0 Å². The number of rotatable bonds is 11. The molecule has 0 saturated heterocycles. The lowest BCUT2D eigenvalue weighted by atomic mass is 9.86. The summed E-state index contributed by atoms with van der Waals surface area (Å²) in [6.07, 6.45) is 7.36. The average molecular weight is 474 g/mol. The molecule has 0 radical (unpaired) electrons. The van der Waals surface area contributed by atoms with E-state index in [0.717, 1.165) is 38.1 Å². The number of aryl methyl sites for hydroxylation is 1. The maximum atomic E-state index is 10.7. The van der Waals surface area contributed by atoms with Crippen molar-refractivity contribution in [3.8, 4) is 17.6 Å². The van der Waals surface area contributed by atoms with Crippen LogP contribution < -0.4 is 10.1 Å². The Morgan fingerprint density at radius 3 is 2.77 bits per heavy atom. The molecule has 4 heteroatoms. The van der Waals surface area contributed by atoms with Crippen molar-refractivity contribution in [1.82, 2.24) is 5.32 Å². The van der Waals surface area contributed by atoms with Crippen molar-refractivity contribution >= 4 is 0 Å². The average Bonchev–Trinajstić information content (AvgIpc) is 3.38. The van der Waals surface area contributed by atoms with Gasteiger partial charge in [-0.05, 0) is 49.8 Å². The van der Waals surface area contributed by atoms with Gasteiger partial charge in [0.1, 0.15) is 11.9 Å². The van der Waals surface area contributed by atoms with Crippen molar-refractivity contribution in [2.75, 3.05) is 6.54 Å². The zero-order valence-electron chi connectivity index (χ0n) is 21.0. The topological polar surface area (TPSA) is 61.7 Å². The van der Waals surface area contributed by atoms with E-state index in [-0.39, 0.29) is 23.9 Å². The highest BCUT2D eigenvalue weighted by Gasteiger charge is 2.48. The number of aliphatic hydroxyl groups is 2. The Hall–Kier alpha value is -2.58. The Morgan fingerprint density at radius 1 is 1.14 bits per heavy atom. The minimum absolute atomic E-state index is 0.00358. The van der Waals surface area contributed by atoms with Gasteiger partial charge in [0, 0.05) is 36.8 Å². The lowest BCUT2D eigenvalue weighted by Crippen LogP contribution is -2.19. The Balaban J connectivity index is 1.33. The van der Waals surface area contributed by atoms with Crippen LogP contribution in [0.2, 0.25) is 0 Å². The van der Waals surface area contributed by atoms with Gasteiger partial charge in [0.15, 0.2) is 0 Å². The largest absolute Gasteiger partial charge is 0.489 e. The second-order valence-corrected chi connectivity index (χ2v) is 10.0. The Kier molecular flexibility index (Phi) is 9.04. The van der Waals surface area contributed by atoms with Gasteiger partial charge in [-0.3, -0.25) is 0 Å². The maximum absolute atomic E-state index is 10.7. The Bertz CT molecular complexity index is 1040. The third kappa shape index (κ3) is 6.35. The summed E-state index contributed by atoms with van der Waals surface area (Å²) in [5.74, 6) is 7.12. The zero-order valence-corrected chi connectivity index (χ0v) is 21.0. The summed E-state index contributed by atoms with van der Waals surface area (Å²) in [5, 5.41) is 24.8. The zero-order chi connectivity index (χ0) is 24.6. The molecule has 186 valence electrons. The van der Waals surface area contributed by atoms with Gasteiger partial charge in [0.25, 0.3) is 0 Å². The molecule has 0 amide bonds. The number of hydrogen-bond acceptors (Lipinski definition) is 4. The number of ether oxygens (including phenoxy) is 1. The fourth-order valence-electron chi connectivity index (χ4n) is 5.37. The van der Waals surface area contributed by atoms with E-state index in [1.54, 1.807) is 0 Å². The van der Waals surface area contributed by atoms with Crippen LogP contribution in [0.25, 0.3) is 0 Å². The highest BCUT2D eigenvalue weighted by Crippen LogP contribution is 2.52. The van der Waals surface area contributed by atoms with Crippen LogP contribution in [-0.4, -0.2) is 35.1 Å². The monoisotopic (exact) mass is 473 g/mol. The highest BCUT2D eigenvalue weighted by molar-refractivity contribution is 5.49. The molecule has 0 spiro atoms. The number of aliphatic hydroxyl groups excluding tert-OH is 2. The van der Waals surface area contributed by atoms with Crippen LogP contribution in [0.3, 0.4) is 0 Å². The molecule has 1 aliphatic carbocycles. The molecular weight excluding hydrogens is 434 g/mol. The molecule has 0 aromatic heterocycles. The van der Waals surface area contributed by atoms with E-state index in [4.69, 9.17) is 4.74 Å². The molecule has 2 aliphatic rings. The van der Waals surface area contributed by atoms with E-state index < -0.39 is 12.2 Å². The summed E-state index contributed by atoms with van der Waals surface area (Å²) >= 11 is 0. The number of hydrogen-bond donors (Lipinski definition) is 3. The van der Waals surface area contributed by atoms with E-state index in [1.165, 1.54) is 16.7 Å². The lowest BCUT2D eigenvalue weighted by Gasteiger charge is -2.19. The smallest absolute Gasteiger partial charge is 0.126 e. The van der Waals surface area contributed by atoms with E-state index in [1.807, 2.05) is 32.1 Å². The number of unbranched alkanes of at least 4 members (excludes halogenated alkanes) is 1. The van der Waals surface area contributed by atoms with E-state index in [2.05, 4.69) is 59.6 Å². The second-order valence-electron chi connectivity index (χ2n) is 10.0. The normalized spacial score (nSPS) is 24.3. The summed E-state index contributed by atoms with van der Waals surface area (Å²) in [6.45, 7) is 5.73. The highest BCUT2D eigenvalue weighted by atomic mass is 16.5. The van der Waals surface area contributed by atoms with Crippen molar-refractivity contribution in [2.45, 2.75) is 76.7 Å². The Morgan fingerprint density at radius 2 is 1.97 bits per heavy atom. The fraction of sp³-hybridized carbons (Fsp3) is 0.484. The first-order valence-electron chi connectivity index (χ1n) is 13.1.